The highest BCUT2D eigenvalue weighted by Gasteiger charge is 2.21. The molecular weight excluding hydrogens is 286 g/mol. The standard InChI is InChI=1S/C19H29N3O/c1-4-17(20)8-16-11-21(3)19-10-15-13-22(6-7-23-5-2)12-14(15)9-18(16)19/h9-11,17H,4-8,12-13,20H2,1-3H3. The fourth-order valence-corrected chi connectivity index (χ4v) is 3.52. The second-order valence-electron chi connectivity index (χ2n) is 6.68. The van der Waals surface area contributed by atoms with E-state index in [9.17, 15) is 0 Å². The third kappa shape index (κ3) is 3.44. The molecule has 1 aliphatic heterocycles. The fourth-order valence-electron chi connectivity index (χ4n) is 3.52. The summed E-state index contributed by atoms with van der Waals surface area (Å²) in [5.41, 5.74) is 11.8. The molecule has 4 heteroatoms. The number of nitrogens with two attached hydrogens (primary N) is 1. The molecule has 0 saturated carbocycles. The number of fused-ring (bicyclic) bond motifs is 2. The highest BCUT2D eigenvalue weighted by atomic mass is 16.5. The molecule has 2 aromatic rings. The van der Waals surface area contributed by atoms with Gasteiger partial charge < -0.3 is 15.0 Å². The van der Waals surface area contributed by atoms with Crippen molar-refractivity contribution in [1.82, 2.24) is 9.47 Å². The lowest BCUT2D eigenvalue weighted by Gasteiger charge is -2.13. The molecule has 0 aliphatic carbocycles. The summed E-state index contributed by atoms with van der Waals surface area (Å²) in [6, 6.07) is 5.01. The van der Waals surface area contributed by atoms with Crippen molar-refractivity contribution in [2.45, 2.75) is 45.8 Å². The topological polar surface area (TPSA) is 43.4 Å². The SMILES string of the molecule is CCOCCN1Cc2cc3c(CC(N)CC)cn(C)c3cc2C1. The molecule has 1 unspecified atom stereocenters. The van der Waals surface area contributed by atoms with Crippen LogP contribution < -0.4 is 5.73 Å². The third-order valence-electron chi connectivity index (χ3n) is 4.94. The van der Waals surface area contributed by atoms with Gasteiger partial charge in [-0.3, -0.25) is 4.90 Å². The molecule has 0 saturated heterocycles. The van der Waals surface area contributed by atoms with Crippen molar-refractivity contribution in [3.8, 4) is 0 Å². The Morgan fingerprint density at radius 3 is 2.65 bits per heavy atom. The minimum atomic E-state index is 0.247. The van der Waals surface area contributed by atoms with Crippen LogP contribution in [-0.2, 0) is 31.3 Å². The molecule has 1 atom stereocenters. The van der Waals surface area contributed by atoms with Crippen molar-refractivity contribution in [3.05, 3.63) is 35.0 Å². The molecule has 1 aromatic carbocycles. The summed E-state index contributed by atoms with van der Waals surface area (Å²) in [7, 11) is 2.14. The lowest BCUT2D eigenvalue weighted by molar-refractivity contribution is 0.113. The van der Waals surface area contributed by atoms with Crippen molar-refractivity contribution in [2.24, 2.45) is 12.8 Å². The van der Waals surface area contributed by atoms with Crippen molar-refractivity contribution in [3.63, 3.8) is 0 Å². The molecule has 2 N–H and O–H groups in total. The zero-order valence-electron chi connectivity index (χ0n) is 14.6. The van der Waals surface area contributed by atoms with E-state index < -0.39 is 0 Å². The number of aromatic nitrogens is 1. The molecule has 0 fully saturated rings. The molecular formula is C19H29N3O. The highest BCUT2D eigenvalue weighted by molar-refractivity contribution is 5.86. The Hall–Kier alpha value is -1.36. The zero-order chi connectivity index (χ0) is 16.4. The fraction of sp³-hybridized carbons (Fsp3) is 0.579. The molecule has 1 aromatic heterocycles. The van der Waals surface area contributed by atoms with Gasteiger partial charge in [0.05, 0.1) is 6.61 Å². The molecule has 0 bridgehead atoms. The van der Waals surface area contributed by atoms with Crippen LogP contribution in [0.4, 0.5) is 0 Å². The van der Waals surface area contributed by atoms with E-state index in [2.05, 4.69) is 41.8 Å². The van der Waals surface area contributed by atoms with Gasteiger partial charge in [-0.05, 0) is 48.6 Å². The van der Waals surface area contributed by atoms with E-state index in [0.717, 1.165) is 45.7 Å². The van der Waals surface area contributed by atoms with Crippen LogP contribution in [0.2, 0.25) is 0 Å². The quantitative estimate of drug-likeness (QED) is 0.799. The Balaban J connectivity index is 1.83. The van der Waals surface area contributed by atoms with E-state index >= 15 is 0 Å². The minimum Gasteiger partial charge on any atom is -0.380 e. The van der Waals surface area contributed by atoms with Crippen molar-refractivity contribution in [1.29, 1.82) is 0 Å². The summed E-state index contributed by atoms with van der Waals surface area (Å²) >= 11 is 0. The third-order valence-corrected chi connectivity index (χ3v) is 4.94. The number of nitrogens with zero attached hydrogens (tertiary/aromatic N) is 2. The van der Waals surface area contributed by atoms with Gasteiger partial charge in [-0.25, -0.2) is 0 Å². The largest absolute Gasteiger partial charge is 0.380 e. The summed E-state index contributed by atoms with van der Waals surface area (Å²) in [5.74, 6) is 0. The van der Waals surface area contributed by atoms with Crippen LogP contribution in [0.15, 0.2) is 18.3 Å². The number of hydrogen-bond acceptors (Lipinski definition) is 3. The summed E-state index contributed by atoms with van der Waals surface area (Å²) in [6.45, 7) is 8.90. The lowest BCUT2D eigenvalue weighted by Crippen LogP contribution is -2.21. The Morgan fingerprint density at radius 2 is 1.96 bits per heavy atom. The van der Waals surface area contributed by atoms with Gasteiger partial charge in [0.25, 0.3) is 0 Å². The van der Waals surface area contributed by atoms with Crippen LogP contribution in [0, 0.1) is 0 Å². The van der Waals surface area contributed by atoms with Crippen LogP contribution in [-0.4, -0.2) is 35.3 Å². The first kappa shape index (κ1) is 16.5. The molecule has 0 spiro atoms. The number of benzene rings is 1. The molecule has 4 nitrogen and oxygen atoms in total. The second-order valence-corrected chi connectivity index (χ2v) is 6.68. The van der Waals surface area contributed by atoms with Gasteiger partial charge in [-0.2, -0.15) is 0 Å². The minimum absolute atomic E-state index is 0.247. The van der Waals surface area contributed by atoms with Gasteiger partial charge in [0.1, 0.15) is 0 Å². The molecule has 126 valence electrons. The second kappa shape index (κ2) is 7.04. The summed E-state index contributed by atoms with van der Waals surface area (Å²) in [4.78, 5) is 2.47. The Kier molecular flexibility index (Phi) is 5.05. The highest BCUT2D eigenvalue weighted by Crippen LogP contribution is 2.30. The molecule has 0 radical (unpaired) electrons. The summed E-state index contributed by atoms with van der Waals surface area (Å²) < 4.78 is 7.74. The van der Waals surface area contributed by atoms with Gasteiger partial charge in [-0.1, -0.05) is 6.92 Å². The van der Waals surface area contributed by atoms with Gasteiger partial charge in [0, 0.05) is 56.4 Å². The first-order valence-corrected chi connectivity index (χ1v) is 8.77. The maximum absolute atomic E-state index is 6.18. The van der Waals surface area contributed by atoms with E-state index in [1.165, 1.54) is 27.6 Å². The van der Waals surface area contributed by atoms with Crippen LogP contribution in [0.3, 0.4) is 0 Å². The lowest BCUT2D eigenvalue weighted by atomic mass is 10.0. The number of hydrogen-bond donors (Lipinski definition) is 1. The first-order chi connectivity index (χ1) is 11.1. The van der Waals surface area contributed by atoms with Gasteiger partial charge in [-0.15, -0.1) is 0 Å². The van der Waals surface area contributed by atoms with E-state index in [-0.39, 0.29) is 6.04 Å². The monoisotopic (exact) mass is 315 g/mol. The van der Waals surface area contributed by atoms with Crippen LogP contribution in [0.5, 0.6) is 0 Å². The number of ether oxygens (including phenoxy) is 1. The number of aryl methyl sites for hydroxylation is 1. The smallest absolute Gasteiger partial charge is 0.0593 e. The van der Waals surface area contributed by atoms with Gasteiger partial charge in [0.2, 0.25) is 0 Å². The molecule has 1 aliphatic rings. The van der Waals surface area contributed by atoms with Crippen molar-refractivity contribution in [2.75, 3.05) is 19.8 Å². The van der Waals surface area contributed by atoms with Crippen LogP contribution in [0.1, 0.15) is 37.0 Å². The Bertz CT molecular complexity index is 677. The normalized spacial score (nSPS) is 16.2. The van der Waals surface area contributed by atoms with Gasteiger partial charge >= 0.3 is 0 Å². The average Bonchev–Trinajstić information content (AvgIpc) is 3.06. The molecule has 2 heterocycles. The van der Waals surface area contributed by atoms with Crippen molar-refractivity contribution >= 4 is 10.9 Å². The maximum Gasteiger partial charge on any atom is 0.0593 e. The number of rotatable bonds is 7. The summed E-state index contributed by atoms with van der Waals surface area (Å²) in [6.07, 6.45) is 4.23. The van der Waals surface area contributed by atoms with Crippen molar-refractivity contribution < 1.29 is 4.74 Å². The van der Waals surface area contributed by atoms with Gasteiger partial charge in [0.15, 0.2) is 0 Å². The molecule has 0 amide bonds. The Labute approximate surface area is 139 Å². The van der Waals surface area contributed by atoms with E-state index in [4.69, 9.17) is 10.5 Å². The Morgan fingerprint density at radius 1 is 1.22 bits per heavy atom. The van der Waals surface area contributed by atoms with E-state index in [0.29, 0.717) is 0 Å². The molecule has 23 heavy (non-hydrogen) atoms. The van der Waals surface area contributed by atoms with E-state index in [1.807, 2.05) is 6.92 Å². The molecule has 3 rings (SSSR count). The average molecular weight is 315 g/mol. The predicted molar refractivity (Wildman–Crippen MR) is 95.5 cm³/mol. The maximum atomic E-state index is 6.18. The summed E-state index contributed by atoms with van der Waals surface area (Å²) in [5, 5.41) is 1.38. The zero-order valence-corrected chi connectivity index (χ0v) is 14.6. The van der Waals surface area contributed by atoms with E-state index in [1.54, 1.807) is 0 Å². The van der Waals surface area contributed by atoms with Crippen LogP contribution >= 0.6 is 0 Å². The predicted octanol–water partition coefficient (Wildman–Crippen LogP) is 2.81. The van der Waals surface area contributed by atoms with Crippen LogP contribution in [0.25, 0.3) is 10.9 Å². The first-order valence-electron chi connectivity index (χ1n) is 8.77.